The van der Waals surface area contributed by atoms with E-state index in [1.54, 1.807) is 0 Å². The van der Waals surface area contributed by atoms with Crippen molar-refractivity contribution >= 4 is 11.6 Å². The van der Waals surface area contributed by atoms with Crippen molar-refractivity contribution in [1.29, 1.82) is 0 Å². The Kier molecular flexibility index (Phi) is 2.32. The molecule has 1 aliphatic carbocycles. The van der Waals surface area contributed by atoms with Gasteiger partial charge in [0, 0.05) is 17.7 Å². The van der Waals surface area contributed by atoms with Gasteiger partial charge in [-0.05, 0) is 36.5 Å². The zero-order valence-electron chi connectivity index (χ0n) is 9.47. The van der Waals surface area contributed by atoms with Gasteiger partial charge in [0.2, 0.25) is 0 Å². The molecule has 0 bridgehead atoms. The summed E-state index contributed by atoms with van der Waals surface area (Å²) in [5.74, 6) is 0. The lowest BCUT2D eigenvalue weighted by Crippen LogP contribution is -2.25. The average molecular weight is 225 g/mol. The molecule has 1 aromatic rings. The Morgan fingerprint density at radius 1 is 1.47 bits per heavy atom. The van der Waals surface area contributed by atoms with Crippen molar-refractivity contribution in [3.05, 3.63) is 28.5 Å². The third-order valence-electron chi connectivity index (χ3n) is 3.74. The zero-order chi connectivity index (χ0) is 11.3. The SMILES string of the molecule is Cc1cc(C2(CN)CC2(C)C)cc(Cl)n1. The lowest BCUT2D eigenvalue weighted by atomic mass is 9.88. The van der Waals surface area contributed by atoms with Crippen LogP contribution in [0.4, 0.5) is 0 Å². The summed E-state index contributed by atoms with van der Waals surface area (Å²) >= 11 is 5.98. The second kappa shape index (κ2) is 3.19. The number of pyridine rings is 1. The third kappa shape index (κ3) is 1.56. The van der Waals surface area contributed by atoms with Crippen molar-refractivity contribution in [3.63, 3.8) is 0 Å². The van der Waals surface area contributed by atoms with E-state index in [1.807, 2.05) is 13.0 Å². The van der Waals surface area contributed by atoms with E-state index in [4.69, 9.17) is 17.3 Å². The summed E-state index contributed by atoms with van der Waals surface area (Å²) < 4.78 is 0. The molecule has 1 heterocycles. The molecule has 1 saturated carbocycles. The Labute approximate surface area is 95.8 Å². The van der Waals surface area contributed by atoms with Gasteiger partial charge in [-0.3, -0.25) is 0 Å². The molecule has 0 amide bonds. The van der Waals surface area contributed by atoms with Crippen molar-refractivity contribution < 1.29 is 0 Å². The Morgan fingerprint density at radius 3 is 2.47 bits per heavy atom. The maximum absolute atomic E-state index is 5.98. The highest BCUT2D eigenvalue weighted by Crippen LogP contribution is 2.63. The summed E-state index contributed by atoms with van der Waals surface area (Å²) in [6.45, 7) is 7.15. The first kappa shape index (κ1) is 10.9. The van der Waals surface area contributed by atoms with E-state index in [0.717, 1.165) is 12.1 Å². The second-order valence-electron chi connectivity index (χ2n) is 5.17. The van der Waals surface area contributed by atoms with E-state index >= 15 is 0 Å². The molecule has 2 N–H and O–H groups in total. The first-order valence-electron chi connectivity index (χ1n) is 5.26. The van der Waals surface area contributed by atoms with E-state index in [9.17, 15) is 0 Å². The highest BCUT2D eigenvalue weighted by atomic mass is 35.5. The summed E-state index contributed by atoms with van der Waals surface area (Å²) in [5.41, 5.74) is 8.53. The van der Waals surface area contributed by atoms with Crippen molar-refractivity contribution in [2.75, 3.05) is 6.54 Å². The van der Waals surface area contributed by atoms with E-state index in [0.29, 0.717) is 17.1 Å². The maximum atomic E-state index is 5.98. The standard InChI is InChI=1S/C12H17ClN2/c1-8-4-9(5-10(13)15-8)12(7-14)6-11(12,2)3/h4-5H,6-7,14H2,1-3H3. The molecule has 2 nitrogen and oxygen atoms in total. The summed E-state index contributed by atoms with van der Waals surface area (Å²) in [7, 11) is 0. The van der Waals surface area contributed by atoms with Crippen LogP contribution < -0.4 is 5.73 Å². The van der Waals surface area contributed by atoms with E-state index in [1.165, 1.54) is 5.56 Å². The number of halogens is 1. The topological polar surface area (TPSA) is 38.9 Å². The van der Waals surface area contributed by atoms with Crippen LogP contribution in [-0.2, 0) is 5.41 Å². The normalized spacial score (nSPS) is 27.8. The van der Waals surface area contributed by atoms with Crippen molar-refractivity contribution in [2.45, 2.75) is 32.6 Å². The fourth-order valence-corrected chi connectivity index (χ4v) is 2.82. The molecule has 3 heteroatoms. The van der Waals surface area contributed by atoms with Crippen LogP contribution in [-0.4, -0.2) is 11.5 Å². The molecule has 0 aliphatic heterocycles. The Hall–Kier alpha value is -0.600. The molecule has 1 unspecified atom stereocenters. The highest BCUT2D eigenvalue weighted by molar-refractivity contribution is 6.29. The van der Waals surface area contributed by atoms with Crippen LogP contribution in [0.1, 0.15) is 31.5 Å². The molecule has 0 radical (unpaired) electrons. The van der Waals surface area contributed by atoms with Gasteiger partial charge in [0.05, 0.1) is 0 Å². The molecule has 15 heavy (non-hydrogen) atoms. The smallest absolute Gasteiger partial charge is 0.129 e. The van der Waals surface area contributed by atoms with Gasteiger partial charge in [-0.1, -0.05) is 25.4 Å². The van der Waals surface area contributed by atoms with E-state index in [-0.39, 0.29) is 5.41 Å². The monoisotopic (exact) mass is 224 g/mol. The first-order chi connectivity index (χ1) is 6.91. The Bertz CT molecular complexity index is 380. The van der Waals surface area contributed by atoms with Crippen LogP contribution >= 0.6 is 11.6 Å². The molecule has 0 aromatic carbocycles. The predicted octanol–water partition coefficient (Wildman–Crippen LogP) is 2.67. The Balaban J connectivity index is 2.46. The van der Waals surface area contributed by atoms with Gasteiger partial charge < -0.3 is 5.73 Å². The third-order valence-corrected chi connectivity index (χ3v) is 3.93. The van der Waals surface area contributed by atoms with Gasteiger partial charge in [0.25, 0.3) is 0 Å². The van der Waals surface area contributed by atoms with E-state index < -0.39 is 0 Å². The molecule has 1 atom stereocenters. The van der Waals surface area contributed by atoms with Gasteiger partial charge >= 0.3 is 0 Å². The minimum Gasteiger partial charge on any atom is -0.330 e. The molecule has 0 spiro atoms. The van der Waals surface area contributed by atoms with Crippen molar-refractivity contribution in [1.82, 2.24) is 4.98 Å². The molecular formula is C12H17ClN2. The van der Waals surface area contributed by atoms with Crippen molar-refractivity contribution in [2.24, 2.45) is 11.1 Å². The predicted molar refractivity (Wildman–Crippen MR) is 63.1 cm³/mol. The van der Waals surface area contributed by atoms with Crippen LogP contribution in [0.3, 0.4) is 0 Å². The number of hydrogen-bond donors (Lipinski definition) is 1. The number of aromatic nitrogens is 1. The van der Waals surface area contributed by atoms with Gasteiger partial charge in [0.15, 0.2) is 0 Å². The molecule has 1 aliphatic rings. The highest BCUT2D eigenvalue weighted by Gasteiger charge is 2.61. The fourth-order valence-electron chi connectivity index (χ4n) is 2.57. The van der Waals surface area contributed by atoms with E-state index in [2.05, 4.69) is 24.9 Å². The number of hydrogen-bond acceptors (Lipinski definition) is 2. The van der Waals surface area contributed by atoms with Gasteiger partial charge in [-0.2, -0.15) is 0 Å². The first-order valence-corrected chi connectivity index (χ1v) is 5.64. The molecule has 82 valence electrons. The molecule has 2 rings (SSSR count). The van der Waals surface area contributed by atoms with Crippen LogP contribution in [0.2, 0.25) is 5.15 Å². The quantitative estimate of drug-likeness (QED) is 0.785. The number of aryl methyl sites for hydroxylation is 1. The lowest BCUT2D eigenvalue weighted by molar-refractivity contribution is 0.502. The van der Waals surface area contributed by atoms with Crippen molar-refractivity contribution in [3.8, 4) is 0 Å². The maximum Gasteiger partial charge on any atom is 0.129 e. The lowest BCUT2D eigenvalue weighted by Gasteiger charge is -2.19. The Morgan fingerprint density at radius 2 is 2.07 bits per heavy atom. The van der Waals surface area contributed by atoms with Crippen LogP contribution in [0.5, 0.6) is 0 Å². The molecule has 1 aromatic heterocycles. The minimum atomic E-state index is 0.115. The van der Waals surface area contributed by atoms with Gasteiger partial charge in [-0.15, -0.1) is 0 Å². The minimum absolute atomic E-state index is 0.115. The van der Waals surface area contributed by atoms with Crippen LogP contribution in [0.15, 0.2) is 12.1 Å². The number of nitrogens with two attached hydrogens (primary N) is 1. The van der Waals surface area contributed by atoms with Crippen LogP contribution in [0.25, 0.3) is 0 Å². The summed E-state index contributed by atoms with van der Waals surface area (Å²) in [5, 5.41) is 0.570. The zero-order valence-corrected chi connectivity index (χ0v) is 10.2. The van der Waals surface area contributed by atoms with Gasteiger partial charge in [-0.25, -0.2) is 4.98 Å². The van der Waals surface area contributed by atoms with Crippen LogP contribution in [0, 0.1) is 12.3 Å². The number of nitrogens with zero attached hydrogens (tertiary/aromatic N) is 1. The molecule has 1 fully saturated rings. The summed E-state index contributed by atoms with van der Waals surface area (Å²) in [6.07, 6.45) is 1.14. The largest absolute Gasteiger partial charge is 0.330 e. The fraction of sp³-hybridized carbons (Fsp3) is 0.583. The summed E-state index contributed by atoms with van der Waals surface area (Å²) in [4.78, 5) is 4.18. The number of rotatable bonds is 2. The second-order valence-corrected chi connectivity index (χ2v) is 5.55. The average Bonchev–Trinajstić information content (AvgIpc) is 2.68. The molecular weight excluding hydrogens is 208 g/mol. The molecule has 0 saturated heterocycles. The summed E-state index contributed by atoms with van der Waals surface area (Å²) in [6, 6.07) is 4.06. The van der Waals surface area contributed by atoms with Gasteiger partial charge in [0.1, 0.15) is 5.15 Å².